The van der Waals surface area contributed by atoms with Gasteiger partial charge in [-0.2, -0.15) is 0 Å². The Morgan fingerprint density at radius 1 is 0.795 bits per heavy atom. The number of carbonyl (C=O) groups excluding carboxylic acids is 1. The van der Waals surface area contributed by atoms with Gasteiger partial charge < -0.3 is 14.8 Å². The van der Waals surface area contributed by atoms with Crippen LogP contribution in [-0.4, -0.2) is 23.9 Å². The first-order chi connectivity index (χ1) is 21.5. The molecule has 0 amide bonds. The maximum absolute atomic E-state index is 13.2. The zero-order valence-electron chi connectivity index (χ0n) is 23.8. The highest BCUT2D eigenvalue weighted by Crippen LogP contribution is 2.36. The van der Waals surface area contributed by atoms with E-state index in [1.807, 2.05) is 66.7 Å². The second kappa shape index (κ2) is 13.5. The topological polar surface area (TPSA) is 90.7 Å². The number of carbonyl (C=O) groups is 1. The smallest absolute Gasteiger partial charge is 0.311 e. The van der Waals surface area contributed by atoms with Gasteiger partial charge in [-0.3, -0.25) is 14.9 Å². The first kappa shape index (κ1) is 29.0. The van der Waals surface area contributed by atoms with Crippen LogP contribution < -0.4 is 14.8 Å². The van der Waals surface area contributed by atoms with Gasteiger partial charge in [-0.1, -0.05) is 78.9 Å². The van der Waals surface area contributed by atoms with Crippen molar-refractivity contribution in [2.24, 2.45) is 0 Å². The van der Waals surface area contributed by atoms with Crippen molar-refractivity contribution in [1.29, 1.82) is 0 Å². The zero-order chi connectivity index (χ0) is 30.3. The summed E-state index contributed by atoms with van der Waals surface area (Å²) in [5, 5.41) is 17.6. The zero-order valence-corrected chi connectivity index (χ0v) is 24.7. The number of nitrogens with one attached hydrogen (secondary N) is 1. The molecule has 0 aliphatic carbocycles. The van der Waals surface area contributed by atoms with E-state index in [9.17, 15) is 14.9 Å². The van der Waals surface area contributed by atoms with Crippen LogP contribution in [0, 0.1) is 10.1 Å². The third kappa shape index (κ3) is 6.78. The molecule has 1 unspecified atom stereocenters. The third-order valence-corrected chi connectivity index (χ3v) is 8.58. The van der Waals surface area contributed by atoms with Crippen LogP contribution in [0.1, 0.15) is 33.9 Å². The average molecular weight is 603 g/mol. The molecule has 0 saturated heterocycles. The first-order valence-electron chi connectivity index (χ1n) is 14.4. The molecule has 220 valence electrons. The van der Waals surface area contributed by atoms with E-state index in [4.69, 9.17) is 9.47 Å². The van der Waals surface area contributed by atoms with Crippen LogP contribution in [0.3, 0.4) is 0 Å². The fourth-order valence-corrected chi connectivity index (χ4v) is 6.31. The molecule has 0 spiro atoms. The summed E-state index contributed by atoms with van der Waals surface area (Å²) in [5.41, 5.74) is 1.92. The summed E-state index contributed by atoms with van der Waals surface area (Å²) < 4.78 is 14.3. The lowest BCUT2D eigenvalue weighted by Crippen LogP contribution is -2.29. The number of ketones is 1. The van der Waals surface area contributed by atoms with E-state index in [1.165, 1.54) is 32.3 Å². The lowest BCUT2D eigenvalue weighted by atomic mass is 10.0. The van der Waals surface area contributed by atoms with Crippen molar-refractivity contribution < 1.29 is 19.2 Å². The van der Waals surface area contributed by atoms with Crippen molar-refractivity contribution >= 4 is 43.0 Å². The largest absolute Gasteiger partial charge is 0.493 e. The van der Waals surface area contributed by atoms with Crippen molar-refractivity contribution in [3.05, 3.63) is 148 Å². The average Bonchev–Trinajstić information content (AvgIpc) is 3.44. The molecular formula is C36H30N2O5S. The van der Waals surface area contributed by atoms with Gasteiger partial charge in [0.15, 0.2) is 11.5 Å². The minimum Gasteiger partial charge on any atom is -0.493 e. The number of fused-ring (bicyclic) bond motifs is 3. The van der Waals surface area contributed by atoms with Crippen molar-refractivity contribution in [1.82, 2.24) is 5.32 Å². The van der Waals surface area contributed by atoms with Crippen LogP contribution in [0.5, 0.6) is 11.5 Å². The van der Waals surface area contributed by atoms with E-state index in [0.29, 0.717) is 13.0 Å². The summed E-state index contributed by atoms with van der Waals surface area (Å²) in [6.07, 6.45) is 0.619. The van der Waals surface area contributed by atoms with Crippen LogP contribution in [-0.2, 0) is 6.61 Å². The minimum absolute atomic E-state index is 0.00861. The normalized spacial score (nSPS) is 11.8. The summed E-state index contributed by atoms with van der Waals surface area (Å²) in [5.74, 6) is 0.671. The van der Waals surface area contributed by atoms with E-state index in [1.54, 1.807) is 17.4 Å². The van der Waals surface area contributed by atoms with Gasteiger partial charge in [0.1, 0.15) is 12.4 Å². The van der Waals surface area contributed by atoms with Crippen molar-refractivity contribution in [3.63, 3.8) is 0 Å². The maximum Gasteiger partial charge on any atom is 0.311 e. The number of nitro groups is 1. The fourth-order valence-electron chi connectivity index (χ4n) is 5.17. The number of ether oxygens (including phenoxy) is 2. The van der Waals surface area contributed by atoms with Crippen LogP contribution in [0.2, 0.25) is 0 Å². The predicted octanol–water partition coefficient (Wildman–Crippen LogP) is 8.52. The summed E-state index contributed by atoms with van der Waals surface area (Å²) in [6, 6.07) is 38.0. The standard InChI is InChI=1S/C36H30N2O5S/c39-33(27-15-18-34(32(21-27)38(40)41)43-24-25-9-3-1-4-10-25)23-37-31(26-11-5-2-6-12-26)19-20-42-28-16-17-30-29-13-7-8-14-35(29)44-36(30)22-28/h1-18,21-22,31,37H,19-20,23-24H2. The molecule has 1 atom stereocenters. The van der Waals surface area contributed by atoms with Crippen molar-refractivity contribution in [2.45, 2.75) is 19.1 Å². The highest BCUT2D eigenvalue weighted by atomic mass is 32.1. The molecule has 6 rings (SSSR count). The summed E-state index contributed by atoms with van der Waals surface area (Å²) in [7, 11) is 0. The van der Waals surface area contributed by atoms with Crippen LogP contribution in [0.4, 0.5) is 5.69 Å². The number of nitrogens with zero attached hydrogens (tertiary/aromatic N) is 1. The van der Waals surface area contributed by atoms with Gasteiger partial charge in [0.25, 0.3) is 0 Å². The molecule has 5 aromatic carbocycles. The molecular weight excluding hydrogens is 572 g/mol. The van der Waals surface area contributed by atoms with E-state index >= 15 is 0 Å². The summed E-state index contributed by atoms with van der Waals surface area (Å²) in [4.78, 5) is 24.5. The minimum atomic E-state index is -0.523. The van der Waals surface area contributed by atoms with Crippen LogP contribution in [0.25, 0.3) is 20.2 Å². The van der Waals surface area contributed by atoms with Gasteiger partial charge in [-0.15, -0.1) is 11.3 Å². The molecule has 0 saturated carbocycles. The number of benzene rings is 5. The number of hydrogen-bond acceptors (Lipinski definition) is 7. The van der Waals surface area contributed by atoms with E-state index in [0.717, 1.165) is 16.9 Å². The quantitative estimate of drug-likeness (QED) is 0.0810. The van der Waals surface area contributed by atoms with Crippen molar-refractivity contribution in [3.8, 4) is 11.5 Å². The molecule has 7 nitrogen and oxygen atoms in total. The second-order valence-corrected chi connectivity index (χ2v) is 11.5. The molecule has 0 fully saturated rings. The number of hydrogen-bond donors (Lipinski definition) is 1. The second-order valence-electron chi connectivity index (χ2n) is 10.4. The molecule has 1 N–H and O–H groups in total. The Bertz CT molecular complexity index is 1910. The first-order valence-corrected chi connectivity index (χ1v) is 15.2. The summed E-state index contributed by atoms with van der Waals surface area (Å²) in [6.45, 7) is 0.639. The van der Waals surface area contributed by atoms with Gasteiger partial charge in [0.2, 0.25) is 0 Å². The van der Waals surface area contributed by atoms with E-state index < -0.39 is 4.92 Å². The monoisotopic (exact) mass is 602 g/mol. The van der Waals surface area contributed by atoms with Gasteiger partial charge in [0, 0.05) is 44.3 Å². The number of nitro benzene ring substituents is 1. The highest BCUT2D eigenvalue weighted by Gasteiger charge is 2.20. The Labute approximate surface area is 258 Å². The number of thiophene rings is 1. The number of rotatable bonds is 13. The SMILES string of the molecule is O=C(CNC(CCOc1ccc2c(c1)sc1ccccc12)c1ccccc1)c1ccc(OCc2ccccc2)c([N+](=O)[O-])c1. The van der Waals surface area contributed by atoms with Gasteiger partial charge in [-0.05, 0) is 47.5 Å². The Balaban J connectivity index is 1.10. The van der Waals surface area contributed by atoms with Crippen LogP contribution >= 0.6 is 11.3 Å². The molecule has 0 aliphatic rings. The number of Topliss-reactive ketones (excluding diaryl/α,β-unsaturated/α-hetero) is 1. The highest BCUT2D eigenvalue weighted by molar-refractivity contribution is 7.25. The van der Waals surface area contributed by atoms with Crippen LogP contribution in [0.15, 0.2) is 121 Å². The Kier molecular flexibility index (Phi) is 8.91. The molecule has 0 radical (unpaired) electrons. The van der Waals surface area contributed by atoms with Gasteiger partial charge in [-0.25, -0.2) is 0 Å². The van der Waals surface area contributed by atoms with Crippen molar-refractivity contribution in [2.75, 3.05) is 13.2 Å². The lowest BCUT2D eigenvalue weighted by molar-refractivity contribution is -0.386. The Hall–Kier alpha value is -5.05. The predicted molar refractivity (Wildman–Crippen MR) is 175 cm³/mol. The Morgan fingerprint density at radius 3 is 2.32 bits per heavy atom. The van der Waals surface area contributed by atoms with Gasteiger partial charge in [0.05, 0.1) is 18.1 Å². The molecule has 8 heteroatoms. The third-order valence-electron chi connectivity index (χ3n) is 7.45. The molecule has 1 aromatic heterocycles. The summed E-state index contributed by atoms with van der Waals surface area (Å²) >= 11 is 1.75. The van der Waals surface area contributed by atoms with Gasteiger partial charge >= 0.3 is 5.69 Å². The van der Waals surface area contributed by atoms with E-state index in [-0.39, 0.29) is 42.0 Å². The Morgan fingerprint density at radius 2 is 1.52 bits per heavy atom. The van der Waals surface area contributed by atoms with E-state index in [2.05, 4.69) is 41.7 Å². The maximum atomic E-state index is 13.2. The lowest BCUT2D eigenvalue weighted by Gasteiger charge is -2.19. The molecule has 6 aromatic rings. The molecule has 1 heterocycles. The molecule has 0 bridgehead atoms. The fraction of sp³-hybridized carbons (Fsp3) is 0.139. The molecule has 44 heavy (non-hydrogen) atoms. The molecule has 0 aliphatic heterocycles.